The molecule has 1 N–H and O–H groups in total. The van der Waals surface area contributed by atoms with Crippen molar-refractivity contribution in [3.05, 3.63) is 23.9 Å². The summed E-state index contributed by atoms with van der Waals surface area (Å²) < 4.78 is 0. The Hall–Kier alpha value is -1.13. The van der Waals surface area contributed by atoms with Crippen molar-refractivity contribution in [1.82, 2.24) is 15.2 Å². The molecule has 1 unspecified atom stereocenters. The number of pyridine rings is 1. The Morgan fingerprint density at radius 3 is 2.61 bits per heavy atom. The second-order valence-electron chi connectivity index (χ2n) is 7.55. The van der Waals surface area contributed by atoms with Crippen LogP contribution in [-0.4, -0.2) is 48.6 Å². The topological polar surface area (TPSA) is 31.4 Å². The van der Waals surface area contributed by atoms with E-state index in [4.69, 9.17) is 0 Å². The van der Waals surface area contributed by atoms with Crippen LogP contribution in [-0.2, 0) is 6.54 Å². The number of aromatic nitrogens is 1. The van der Waals surface area contributed by atoms with E-state index in [1.165, 1.54) is 50.9 Å². The van der Waals surface area contributed by atoms with E-state index in [2.05, 4.69) is 59.3 Å². The van der Waals surface area contributed by atoms with Gasteiger partial charge in [0, 0.05) is 31.9 Å². The maximum absolute atomic E-state index is 4.63. The molecule has 0 aliphatic carbocycles. The van der Waals surface area contributed by atoms with E-state index in [-0.39, 0.29) is 0 Å². The molecule has 3 rings (SSSR count). The van der Waals surface area contributed by atoms with Crippen LogP contribution in [0.5, 0.6) is 0 Å². The molecule has 3 heterocycles. The molecule has 128 valence electrons. The molecule has 1 aromatic rings. The van der Waals surface area contributed by atoms with Crippen molar-refractivity contribution < 1.29 is 0 Å². The minimum atomic E-state index is 0.483. The van der Waals surface area contributed by atoms with Gasteiger partial charge >= 0.3 is 0 Å². The largest absolute Gasteiger partial charge is 0.357 e. The van der Waals surface area contributed by atoms with Gasteiger partial charge in [-0.2, -0.15) is 0 Å². The number of anilines is 1. The first kappa shape index (κ1) is 16.7. The van der Waals surface area contributed by atoms with Gasteiger partial charge in [0.1, 0.15) is 5.82 Å². The van der Waals surface area contributed by atoms with Crippen LogP contribution in [0.2, 0.25) is 0 Å². The normalized spacial score (nSPS) is 23.6. The predicted molar refractivity (Wildman–Crippen MR) is 96.8 cm³/mol. The molecule has 4 heteroatoms. The van der Waals surface area contributed by atoms with E-state index in [1.807, 2.05) is 0 Å². The summed E-state index contributed by atoms with van der Waals surface area (Å²) in [4.78, 5) is 9.44. The molecule has 23 heavy (non-hydrogen) atoms. The number of hydrogen-bond acceptors (Lipinski definition) is 4. The average Bonchev–Trinajstić information content (AvgIpc) is 3.10. The fourth-order valence-corrected chi connectivity index (χ4v) is 3.87. The van der Waals surface area contributed by atoms with E-state index >= 15 is 0 Å². The Labute approximate surface area is 141 Å². The molecule has 2 aliphatic heterocycles. The van der Waals surface area contributed by atoms with Crippen molar-refractivity contribution in [2.24, 2.45) is 5.92 Å². The SMILES string of the molecule is CC(C)N(C)c1ccc(CN2CCC(C3CCCN3)CC2)cn1. The molecule has 0 spiro atoms. The Balaban J connectivity index is 1.48. The Kier molecular flexibility index (Phi) is 5.54. The highest BCUT2D eigenvalue weighted by Crippen LogP contribution is 2.26. The fourth-order valence-electron chi connectivity index (χ4n) is 3.87. The predicted octanol–water partition coefficient (Wildman–Crippen LogP) is 2.89. The van der Waals surface area contributed by atoms with Crippen LogP contribution in [0.25, 0.3) is 0 Å². The number of nitrogens with one attached hydrogen (secondary N) is 1. The van der Waals surface area contributed by atoms with Crippen LogP contribution in [0.15, 0.2) is 18.3 Å². The standard InChI is InChI=1S/C19H32N4/c1-15(2)22(3)19-7-6-16(13-21-19)14-23-11-8-17(9-12-23)18-5-4-10-20-18/h6-7,13,15,17-18,20H,4-5,8-12,14H2,1-3H3. The minimum Gasteiger partial charge on any atom is -0.357 e. The van der Waals surface area contributed by atoms with E-state index in [1.54, 1.807) is 0 Å². The number of nitrogens with zero attached hydrogens (tertiary/aromatic N) is 3. The van der Waals surface area contributed by atoms with Crippen LogP contribution < -0.4 is 10.2 Å². The van der Waals surface area contributed by atoms with Gasteiger partial charge < -0.3 is 10.2 Å². The molecule has 2 saturated heterocycles. The monoisotopic (exact) mass is 316 g/mol. The molecule has 0 saturated carbocycles. The van der Waals surface area contributed by atoms with Gasteiger partial charge in [0.25, 0.3) is 0 Å². The lowest BCUT2D eigenvalue weighted by Crippen LogP contribution is -2.40. The third-order valence-corrected chi connectivity index (χ3v) is 5.65. The Morgan fingerprint density at radius 1 is 1.26 bits per heavy atom. The Morgan fingerprint density at radius 2 is 2.04 bits per heavy atom. The van der Waals surface area contributed by atoms with Crippen LogP contribution in [0.1, 0.15) is 45.1 Å². The summed E-state index contributed by atoms with van der Waals surface area (Å²) in [7, 11) is 2.11. The highest BCUT2D eigenvalue weighted by molar-refractivity contribution is 5.39. The number of likely N-dealkylation sites (tertiary alicyclic amines) is 1. The zero-order valence-electron chi connectivity index (χ0n) is 15.0. The third-order valence-electron chi connectivity index (χ3n) is 5.65. The lowest BCUT2D eigenvalue weighted by Gasteiger charge is -2.35. The van der Waals surface area contributed by atoms with Crippen molar-refractivity contribution in [1.29, 1.82) is 0 Å². The van der Waals surface area contributed by atoms with E-state index < -0.39 is 0 Å². The number of rotatable bonds is 5. The van der Waals surface area contributed by atoms with Gasteiger partial charge in [0.05, 0.1) is 0 Å². The molecule has 2 aliphatic rings. The first-order valence-electron chi connectivity index (χ1n) is 9.27. The molecule has 2 fully saturated rings. The smallest absolute Gasteiger partial charge is 0.128 e. The highest BCUT2D eigenvalue weighted by atomic mass is 15.2. The summed E-state index contributed by atoms with van der Waals surface area (Å²) in [5.41, 5.74) is 1.34. The molecular weight excluding hydrogens is 284 g/mol. The molecule has 4 nitrogen and oxygen atoms in total. The molecule has 0 radical (unpaired) electrons. The van der Waals surface area contributed by atoms with Crippen LogP contribution in [0.3, 0.4) is 0 Å². The van der Waals surface area contributed by atoms with Gasteiger partial charge in [0.2, 0.25) is 0 Å². The van der Waals surface area contributed by atoms with Crippen molar-refractivity contribution >= 4 is 5.82 Å². The van der Waals surface area contributed by atoms with E-state index in [0.29, 0.717) is 6.04 Å². The first-order chi connectivity index (χ1) is 11.1. The van der Waals surface area contributed by atoms with Crippen molar-refractivity contribution in [2.45, 2.75) is 58.2 Å². The molecule has 0 bridgehead atoms. The van der Waals surface area contributed by atoms with E-state index in [0.717, 1.165) is 24.3 Å². The minimum absolute atomic E-state index is 0.483. The number of hydrogen-bond donors (Lipinski definition) is 1. The molecule has 1 atom stereocenters. The lowest BCUT2D eigenvalue weighted by molar-refractivity contribution is 0.157. The summed E-state index contributed by atoms with van der Waals surface area (Å²) in [5.74, 6) is 1.96. The van der Waals surface area contributed by atoms with Gasteiger partial charge in [-0.1, -0.05) is 6.07 Å². The second kappa shape index (κ2) is 7.63. The lowest BCUT2D eigenvalue weighted by atomic mass is 9.88. The van der Waals surface area contributed by atoms with Crippen LogP contribution in [0.4, 0.5) is 5.82 Å². The molecule has 0 amide bonds. The maximum Gasteiger partial charge on any atom is 0.128 e. The van der Waals surface area contributed by atoms with Crippen LogP contribution in [0, 0.1) is 5.92 Å². The van der Waals surface area contributed by atoms with Gasteiger partial charge in [-0.05, 0) is 76.7 Å². The van der Waals surface area contributed by atoms with Gasteiger partial charge in [-0.15, -0.1) is 0 Å². The second-order valence-corrected chi connectivity index (χ2v) is 7.55. The summed E-state index contributed by atoms with van der Waals surface area (Å²) >= 11 is 0. The molecular formula is C19H32N4. The van der Waals surface area contributed by atoms with Crippen LogP contribution >= 0.6 is 0 Å². The molecule has 1 aromatic heterocycles. The summed E-state index contributed by atoms with van der Waals surface area (Å²) in [6.45, 7) is 9.13. The summed E-state index contributed by atoms with van der Waals surface area (Å²) in [5, 5.41) is 3.68. The Bertz CT molecular complexity index is 471. The number of piperidine rings is 1. The quantitative estimate of drug-likeness (QED) is 0.905. The fraction of sp³-hybridized carbons (Fsp3) is 0.737. The zero-order valence-corrected chi connectivity index (χ0v) is 15.0. The van der Waals surface area contributed by atoms with Gasteiger partial charge in [-0.25, -0.2) is 4.98 Å². The van der Waals surface area contributed by atoms with Crippen molar-refractivity contribution in [3.8, 4) is 0 Å². The summed E-state index contributed by atoms with van der Waals surface area (Å²) in [6.07, 6.45) is 7.50. The third kappa shape index (κ3) is 4.24. The highest BCUT2D eigenvalue weighted by Gasteiger charge is 2.28. The first-order valence-corrected chi connectivity index (χ1v) is 9.27. The molecule has 0 aromatic carbocycles. The maximum atomic E-state index is 4.63. The summed E-state index contributed by atoms with van der Waals surface area (Å²) in [6, 6.07) is 5.68. The van der Waals surface area contributed by atoms with Gasteiger partial charge in [0.15, 0.2) is 0 Å². The van der Waals surface area contributed by atoms with Crippen molar-refractivity contribution in [2.75, 3.05) is 31.6 Å². The zero-order chi connectivity index (χ0) is 16.2. The van der Waals surface area contributed by atoms with Crippen molar-refractivity contribution in [3.63, 3.8) is 0 Å². The van der Waals surface area contributed by atoms with Gasteiger partial charge in [-0.3, -0.25) is 4.90 Å². The average molecular weight is 316 g/mol. The van der Waals surface area contributed by atoms with E-state index in [9.17, 15) is 0 Å².